The van der Waals surface area contributed by atoms with E-state index in [0.29, 0.717) is 42.3 Å². The third-order valence-electron chi connectivity index (χ3n) is 4.88. The van der Waals surface area contributed by atoms with Gasteiger partial charge in [-0.05, 0) is 18.1 Å². The second kappa shape index (κ2) is 8.48. The van der Waals surface area contributed by atoms with Gasteiger partial charge >= 0.3 is 0 Å². The third-order valence-corrected chi connectivity index (χ3v) is 4.88. The van der Waals surface area contributed by atoms with Crippen molar-refractivity contribution in [3.63, 3.8) is 0 Å². The summed E-state index contributed by atoms with van der Waals surface area (Å²) < 4.78 is 33.3. The second-order valence-electron chi connectivity index (χ2n) is 7.11. The molecular weight excluding hydrogens is 376 g/mol. The molecule has 1 saturated heterocycles. The smallest absolute Gasteiger partial charge is 0.166 e. The van der Waals surface area contributed by atoms with Crippen LogP contribution < -0.4 is 10.6 Å². The minimum atomic E-state index is -0.466. The number of halogens is 2. The summed E-state index contributed by atoms with van der Waals surface area (Å²) in [6, 6.07) is 9.33. The topological polar surface area (TPSA) is 72.0 Å². The van der Waals surface area contributed by atoms with Gasteiger partial charge in [0.1, 0.15) is 23.3 Å². The van der Waals surface area contributed by atoms with Crippen LogP contribution in [-0.2, 0) is 4.74 Å². The molecule has 150 valence electrons. The summed E-state index contributed by atoms with van der Waals surface area (Å²) in [5.41, 5.74) is 0.723. The number of benzene rings is 1. The molecule has 1 aromatic carbocycles. The van der Waals surface area contributed by atoms with Crippen LogP contribution in [0.2, 0.25) is 0 Å². The molecule has 0 unspecified atom stereocenters. The quantitative estimate of drug-likeness (QED) is 0.648. The van der Waals surface area contributed by atoms with Gasteiger partial charge in [0.15, 0.2) is 5.82 Å². The summed E-state index contributed by atoms with van der Waals surface area (Å²) in [6.07, 6.45) is 2.60. The maximum Gasteiger partial charge on any atom is 0.166 e. The molecule has 3 heterocycles. The Morgan fingerprint density at radius 2 is 1.90 bits per heavy atom. The molecule has 1 aliphatic heterocycles. The first kappa shape index (κ1) is 19.2. The zero-order chi connectivity index (χ0) is 20.2. The van der Waals surface area contributed by atoms with Crippen LogP contribution >= 0.6 is 0 Å². The van der Waals surface area contributed by atoms with Crippen molar-refractivity contribution in [2.75, 3.05) is 30.4 Å². The van der Waals surface area contributed by atoms with Gasteiger partial charge in [0.2, 0.25) is 0 Å². The van der Waals surface area contributed by atoms with Gasteiger partial charge in [-0.15, -0.1) is 0 Å². The van der Waals surface area contributed by atoms with E-state index in [1.807, 2.05) is 0 Å². The lowest BCUT2D eigenvalue weighted by molar-refractivity contribution is 0.182. The number of anilines is 3. The molecule has 0 spiro atoms. The minimum Gasteiger partial charge on any atom is -0.381 e. The number of nitrogens with one attached hydrogen (secondary N) is 2. The average Bonchev–Trinajstić information content (AvgIpc) is 3.11. The molecule has 0 bridgehead atoms. The van der Waals surface area contributed by atoms with Crippen molar-refractivity contribution in [3.8, 4) is 11.4 Å². The molecular formula is C21H21F2N5O. The van der Waals surface area contributed by atoms with Gasteiger partial charge in [-0.3, -0.25) is 4.98 Å². The summed E-state index contributed by atoms with van der Waals surface area (Å²) in [7, 11) is 0. The van der Waals surface area contributed by atoms with Crippen molar-refractivity contribution in [3.05, 3.63) is 60.4 Å². The number of ether oxygens (including phenoxy) is 1. The van der Waals surface area contributed by atoms with Crippen LogP contribution in [0, 0.1) is 23.5 Å². The minimum absolute atomic E-state index is 0.232. The number of pyridine rings is 1. The van der Waals surface area contributed by atoms with Crippen LogP contribution in [-0.4, -0.2) is 34.7 Å². The number of hydrogen-bond donors (Lipinski definition) is 2. The number of hydrogen-bond acceptors (Lipinski definition) is 6. The van der Waals surface area contributed by atoms with Crippen LogP contribution in [0.3, 0.4) is 0 Å². The van der Waals surface area contributed by atoms with Crippen LogP contribution in [0.1, 0.15) is 6.92 Å². The van der Waals surface area contributed by atoms with Gasteiger partial charge < -0.3 is 15.4 Å². The summed E-state index contributed by atoms with van der Waals surface area (Å²) in [5.74, 6) is 1.12. The standard InChI is InChI=1S/C21H21F2N5O/c1-13-11-29-12-14(13)8-25-19-7-20(26-16-6-15(22)9-24-10-16)28-21(27-19)17-4-2-3-5-18(17)23/h2-7,9-10,13-14H,8,11-12H2,1H3,(H2,25,26,27,28)/t13-,14+/m0/s1. The predicted octanol–water partition coefficient (Wildman–Crippen LogP) is 4.25. The Bertz CT molecular complexity index is 1000. The summed E-state index contributed by atoms with van der Waals surface area (Å²) in [5, 5.41) is 6.31. The van der Waals surface area contributed by atoms with Gasteiger partial charge in [0.25, 0.3) is 0 Å². The van der Waals surface area contributed by atoms with E-state index in [9.17, 15) is 8.78 Å². The lowest BCUT2D eigenvalue weighted by Gasteiger charge is -2.16. The Balaban J connectivity index is 1.64. The van der Waals surface area contributed by atoms with Crippen molar-refractivity contribution in [1.82, 2.24) is 15.0 Å². The summed E-state index contributed by atoms with van der Waals surface area (Å²) in [6.45, 7) is 4.26. The van der Waals surface area contributed by atoms with Crippen molar-refractivity contribution < 1.29 is 13.5 Å². The molecule has 0 saturated carbocycles. The largest absolute Gasteiger partial charge is 0.381 e. The third kappa shape index (κ3) is 4.65. The normalized spacial score (nSPS) is 18.6. The predicted molar refractivity (Wildman–Crippen MR) is 107 cm³/mol. The van der Waals surface area contributed by atoms with Crippen LogP contribution in [0.5, 0.6) is 0 Å². The van der Waals surface area contributed by atoms with Crippen molar-refractivity contribution >= 4 is 17.3 Å². The summed E-state index contributed by atoms with van der Waals surface area (Å²) in [4.78, 5) is 12.7. The lowest BCUT2D eigenvalue weighted by atomic mass is 9.98. The molecule has 3 aromatic rings. The monoisotopic (exact) mass is 397 g/mol. The zero-order valence-electron chi connectivity index (χ0n) is 15.9. The summed E-state index contributed by atoms with van der Waals surface area (Å²) >= 11 is 0. The second-order valence-corrected chi connectivity index (χ2v) is 7.11. The fourth-order valence-electron chi connectivity index (χ4n) is 3.19. The molecule has 0 aliphatic carbocycles. The maximum atomic E-state index is 14.3. The molecule has 6 nitrogen and oxygen atoms in total. The van der Waals surface area contributed by atoms with Crippen LogP contribution in [0.15, 0.2) is 48.8 Å². The Morgan fingerprint density at radius 3 is 2.66 bits per heavy atom. The van der Waals surface area contributed by atoms with Crippen LogP contribution in [0.4, 0.5) is 26.1 Å². The zero-order valence-corrected chi connectivity index (χ0v) is 15.9. The highest BCUT2D eigenvalue weighted by Crippen LogP contribution is 2.26. The van der Waals surface area contributed by atoms with Gasteiger partial charge in [0.05, 0.1) is 30.3 Å². The average molecular weight is 397 g/mol. The SMILES string of the molecule is C[C@H]1COC[C@H]1CNc1cc(Nc2cncc(F)c2)nc(-c2ccccc2F)n1. The molecule has 2 N–H and O–H groups in total. The highest BCUT2D eigenvalue weighted by Gasteiger charge is 2.24. The van der Waals surface area contributed by atoms with E-state index in [-0.39, 0.29) is 11.4 Å². The number of rotatable bonds is 6. The van der Waals surface area contributed by atoms with Crippen molar-refractivity contribution in [2.24, 2.45) is 11.8 Å². The highest BCUT2D eigenvalue weighted by molar-refractivity contribution is 5.65. The Morgan fingerprint density at radius 1 is 1.07 bits per heavy atom. The number of aromatic nitrogens is 3. The fraction of sp³-hybridized carbons (Fsp3) is 0.286. The highest BCUT2D eigenvalue weighted by atomic mass is 19.1. The van der Waals surface area contributed by atoms with E-state index < -0.39 is 11.6 Å². The molecule has 4 rings (SSSR count). The van der Waals surface area contributed by atoms with E-state index in [0.717, 1.165) is 12.8 Å². The maximum absolute atomic E-state index is 14.3. The molecule has 0 amide bonds. The van der Waals surface area contributed by atoms with Crippen molar-refractivity contribution in [1.29, 1.82) is 0 Å². The van der Waals surface area contributed by atoms with Crippen molar-refractivity contribution in [2.45, 2.75) is 6.92 Å². The first-order chi connectivity index (χ1) is 14.1. The van der Waals surface area contributed by atoms with E-state index in [4.69, 9.17) is 4.74 Å². The molecule has 0 radical (unpaired) electrons. The first-order valence-electron chi connectivity index (χ1n) is 9.41. The van der Waals surface area contributed by atoms with E-state index in [2.05, 4.69) is 32.5 Å². The lowest BCUT2D eigenvalue weighted by Crippen LogP contribution is -2.20. The van der Waals surface area contributed by atoms with E-state index in [1.165, 1.54) is 18.3 Å². The van der Waals surface area contributed by atoms with E-state index in [1.54, 1.807) is 24.3 Å². The molecule has 29 heavy (non-hydrogen) atoms. The fourth-order valence-corrected chi connectivity index (χ4v) is 3.19. The number of nitrogens with zero attached hydrogens (tertiary/aromatic N) is 3. The van der Waals surface area contributed by atoms with Gasteiger partial charge in [0, 0.05) is 31.2 Å². The van der Waals surface area contributed by atoms with Gasteiger partial charge in [-0.25, -0.2) is 18.7 Å². The molecule has 8 heteroatoms. The molecule has 2 aromatic heterocycles. The van der Waals surface area contributed by atoms with E-state index >= 15 is 0 Å². The van der Waals surface area contributed by atoms with Crippen LogP contribution in [0.25, 0.3) is 11.4 Å². The molecule has 1 fully saturated rings. The Kier molecular flexibility index (Phi) is 5.62. The molecule has 2 atom stereocenters. The first-order valence-corrected chi connectivity index (χ1v) is 9.41. The van der Waals surface area contributed by atoms with Gasteiger partial charge in [-0.1, -0.05) is 19.1 Å². The Labute approximate surface area is 167 Å². The van der Waals surface area contributed by atoms with Gasteiger partial charge in [-0.2, -0.15) is 0 Å². The Hall–Kier alpha value is -3.13. The molecule has 1 aliphatic rings.